The number of aliphatic hydroxyl groups is 1. The minimum atomic E-state index is -0.723. The minimum absolute atomic E-state index is 0.165. The van der Waals surface area contributed by atoms with E-state index in [2.05, 4.69) is 12.2 Å². The van der Waals surface area contributed by atoms with E-state index in [-0.39, 0.29) is 12.5 Å². The highest BCUT2D eigenvalue weighted by Gasteiger charge is 2.16. The van der Waals surface area contributed by atoms with Crippen LogP contribution in [0, 0.1) is 0 Å². The van der Waals surface area contributed by atoms with Crippen LogP contribution in [0.1, 0.15) is 46.5 Å². The lowest BCUT2D eigenvalue weighted by Gasteiger charge is -2.13. The second kappa shape index (κ2) is 7.49. The molecule has 4 heteroatoms. The smallest absolute Gasteiger partial charge is 0.251 e. The first kappa shape index (κ1) is 16.5. The van der Waals surface area contributed by atoms with Crippen LogP contribution in [0.4, 0.5) is 0 Å². The highest BCUT2D eigenvalue weighted by molar-refractivity contribution is 5.94. The van der Waals surface area contributed by atoms with E-state index in [4.69, 9.17) is 4.74 Å². The van der Waals surface area contributed by atoms with E-state index in [1.807, 2.05) is 42.5 Å². The van der Waals surface area contributed by atoms with Crippen molar-refractivity contribution in [2.24, 2.45) is 0 Å². The average molecular weight is 325 g/mol. The zero-order valence-electron chi connectivity index (χ0n) is 13.9. The monoisotopic (exact) mass is 325 g/mol. The number of nitrogens with one attached hydrogen (secondary N) is 1. The first-order valence-electron chi connectivity index (χ1n) is 8.48. The van der Waals surface area contributed by atoms with E-state index < -0.39 is 6.10 Å². The van der Waals surface area contributed by atoms with Gasteiger partial charge in [-0.3, -0.25) is 4.79 Å². The fraction of sp³-hybridized carbons (Fsp3) is 0.350. The number of amides is 1. The Hall–Kier alpha value is -2.33. The molecular weight excluding hydrogens is 302 g/mol. The van der Waals surface area contributed by atoms with Gasteiger partial charge in [-0.15, -0.1) is 0 Å². The minimum Gasteiger partial charge on any atom is -0.493 e. The van der Waals surface area contributed by atoms with Crippen molar-refractivity contribution in [1.82, 2.24) is 5.32 Å². The number of hydrogen-bond donors (Lipinski definition) is 2. The van der Waals surface area contributed by atoms with Crippen molar-refractivity contribution in [3.8, 4) is 5.75 Å². The zero-order chi connectivity index (χ0) is 16.9. The fourth-order valence-electron chi connectivity index (χ4n) is 2.93. The van der Waals surface area contributed by atoms with Crippen LogP contribution >= 0.6 is 0 Å². The van der Waals surface area contributed by atoms with E-state index in [9.17, 15) is 9.90 Å². The summed E-state index contributed by atoms with van der Waals surface area (Å²) in [6.07, 6.45) is 2.25. The molecule has 0 radical (unpaired) electrons. The predicted octanol–water partition coefficient (Wildman–Crippen LogP) is 3.04. The number of fused-ring (bicyclic) bond motifs is 1. The molecule has 24 heavy (non-hydrogen) atoms. The van der Waals surface area contributed by atoms with E-state index in [1.165, 1.54) is 5.56 Å². The largest absolute Gasteiger partial charge is 0.493 e. The quantitative estimate of drug-likeness (QED) is 0.858. The van der Waals surface area contributed by atoms with Crippen LogP contribution in [-0.4, -0.2) is 24.2 Å². The molecule has 2 aromatic rings. The number of ether oxygens (including phenoxy) is 1. The molecule has 4 nitrogen and oxygen atoms in total. The van der Waals surface area contributed by atoms with Crippen molar-refractivity contribution < 1.29 is 14.6 Å². The van der Waals surface area contributed by atoms with Gasteiger partial charge in [0.05, 0.1) is 12.7 Å². The summed E-state index contributed by atoms with van der Waals surface area (Å²) in [4.78, 5) is 12.2. The Morgan fingerprint density at radius 3 is 2.79 bits per heavy atom. The first-order chi connectivity index (χ1) is 11.7. The summed E-state index contributed by atoms with van der Waals surface area (Å²) >= 11 is 0. The van der Waals surface area contributed by atoms with Crippen LogP contribution in [-0.2, 0) is 12.8 Å². The third-order valence-electron chi connectivity index (χ3n) is 4.31. The molecule has 0 bridgehead atoms. The first-order valence-corrected chi connectivity index (χ1v) is 8.48. The van der Waals surface area contributed by atoms with Gasteiger partial charge in [-0.2, -0.15) is 0 Å². The summed E-state index contributed by atoms with van der Waals surface area (Å²) in [5.41, 5.74) is 3.76. The van der Waals surface area contributed by atoms with Gasteiger partial charge in [0.1, 0.15) is 5.75 Å². The molecule has 1 aliphatic heterocycles. The molecule has 2 N–H and O–H groups in total. The molecule has 0 spiro atoms. The molecule has 1 atom stereocenters. The van der Waals surface area contributed by atoms with Crippen molar-refractivity contribution in [3.05, 3.63) is 64.7 Å². The van der Waals surface area contributed by atoms with Crippen molar-refractivity contribution >= 4 is 5.91 Å². The second-order valence-corrected chi connectivity index (χ2v) is 6.14. The maximum Gasteiger partial charge on any atom is 0.251 e. The Morgan fingerprint density at radius 2 is 2.04 bits per heavy atom. The Bertz CT molecular complexity index is 709. The Balaban J connectivity index is 1.57. The second-order valence-electron chi connectivity index (χ2n) is 6.14. The van der Waals surface area contributed by atoms with Crippen LogP contribution in [0.3, 0.4) is 0 Å². The number of aliphatic hydroxyl groups excluding tert-OH is 1. The summed E-state index contributed by atoms with van der Waals surface area (Å²) in [6.45, 7) is 3.02. The van der Waals surface area contributed by atoms with Crippen molar-refractivity contribution in [2.75, 3.05) is 13.2 Å². The van der Waals surface area contributed by atoms with Crippen LogP contribution in [0.5, 0.6) is 5.75 Å². The number of carbonyl (C=O) groups excluding carboxylic acids is 1. The van der Waals surface area contributed by atoms with Crippen LogP contribution < -0.4 is 10.1 Å². The summed E-state index contributed by atoms with van der Waals surface area (Å²) in [6, 6.07) is 13.3. The Morgan fingerprint density at radius 1 is 1.25 bits per heavy atom. The normalized spacial score (nSPS) is 13.9. The molecule has 0 fully saturated rings. The van der Waals surface area contributed by atoms with Gasteiger partial charge in [0.2, 0.25) is 0 Å². The van der Waals surface area contributed by atoms with Crippen LogP contribution in [0.2, 0.25) is 0 Å². The standard InChI is InChI=1S/C20H23NO3/c1-2-3-14-4-6-15(7-5-14)20(23)21-13-18(22)16-8-9-19-17(12-16)10-11-24-19/h4-9,12,18,22H,2-3,10-11,13H2,1H3,(H,21,23). The predicted molar refractivity (Wildman–Crippen MR) is 93.4 cm³/mol. The molecule has 1 amide bonds. The summed E-state index contributed by atoms with van der Waals surface area (Å²) in [5, 5.41) is 13.1. The fourth-order valence-corrected chi connectivity index (χ4v) is 2.93. The van der Waals surface area contributed by atoms with Gasteiger partial charge in [-0.1, -0.05) is 31.5 Å². The third-order valence-corrected chi connectivity index (χ3v) is 4.31. The molecule has 126 valence electrons. The van der Waals surface area contributed by atoms with E-state index in [0.717, 1.165) is 36.1 Å². The van der Waals surface area contributed by atoms with Gasteiger partial charge < -0.3 is 15.2 Å². The highest BCUT2D eigenvalue weighted by atomic mass is 16.5. The van der Waals surface area contributed by atoms with E-state index in [0.29, 0.717) is 12.2 Å². The molecular formula is C20H23NO3. The van der Waals surface area contributed by atoms with Gasteiger partial charge >= 0.3 is 0 Å². The lowest BCUT2D eigenvalue weighted by atomic mass is 10.0. The van der Waals surface area contributed by atoms with Crippen molar-refractivity contribution in [3.63, 3.8) is 0 Å². The average Bonchev–Trinajstić information content (AvgIpc) is 3.08. The highest BCUT2D eigenvalue weighted by Crippen LogP contribution is 2.28. The third kappa shape index (κ3) is 3.77. The maximum absolute atomic E-state index is 12.2. The molecule has 1 unspecified atom stereocenters. The molecule has 3 rings (SSSR count). The molecule has 1 heterocycles. The number of aryl methyl sites for hydroxylation is 1. The SMILES string of the molecule is CCCc1ccc(C(=O)NCC(O)c2ccc3c(c2)CCO3)cc1. The number of rotatable bonds is 6. The summed E-state index contributed by atoms with van der Waals surface area (Å²) in [7, 11) is 0. The summed E-state index contributed by atoms with van der Waals surface area (Å²) in [5.74, 6) is 0.726. The number of carbonyl (C=O) groups is 1. The van der Waals surface area contributed by atoms with Crippen molar-refractivity contribution in [2.45, 2.75) is 32.3 Å². The Labute approximate surface area is 142 Å². The molecule has 0 saturated carbocycles. The zero-order valence-corrected chi connectivity index (χ0v) is 13.9. The van der Waals surface area contributed by atoms with Gasteiger partial charge in [0, 0.05) is 18.5 Å². The van der Waals surface area contributed by atoms with E-state index in [1.54, 1.807) is 0 Å². The van der Waals surface area contributed by atoms with Gasteiger partial charge in [-0.25, -0.2) is 0 Å². The molecule has 0 aromatic heterocycles. The molecule has 1 aliphatic rings. The number of hydrogen-bond acceptors (Lipinski definition) is 3. The number of benzene rings is 2. The Kier molecular flexibility index (Phi) is 5.16. The van der Waals surface area contributed by atoms with E-state index >= 15 is 0 Å². The van der Waals surface area contributed by atoms with Crippen LogP contribution in [0.25, 0.3) is 0 Å². The van der Waals surface area contributed by atoms with Gasteiger partial charge in [0.15, 0.2) is 0 Å². The molecule has 0 saturated heterocycles. The topological polar surface area (TPSA) is 58.6 Å². The van der Waals surface area contributed by atoms with Gasteiger partial charge in [-0.05, 0) is 47.4 Å². The lowest BCUT2D eigenvalue weighted by molar-refractivity contribution is 0.0916. The van der Waals surface area contributed by atoms with Crippen LogP contribution in [0.15, 0.2) is 42.5 Å². The summed E-state index contributed by atoms with van der Waals surface area (Å²) < 4.78 is 5.46. The maximum atomic E-state index is 12.2. The molecule has 2 aromatic carbocycles. The van der Waals surface area contributed by atoms with Crippen molar-refractivity contribution in [1.29, 1.82) is 0 Å². The molecule has 0 aliphatic carbocycles. The lowest BCUT2D eigenvalue weighted by Crippen LogP contribution is -2.28. The van der Waals surface area contributed by atoms with Gasteiger partial charge in [0.25, 0.3) is 5.91 Å².